The van der Waals surface area contributed by atoms with E-state index < -0.39 is 5.66 Å². The Morgan fingerprint density at radius 2 is 2.04 bits per heavy atom. The third-order valence-corrected chi connectivity index (χ3v) is 5.06. The normalized spacial score (nSPS) is 26.2. The Hall–Kier alpha value is -1.88. The highest BCUT2D eigenvalue weighted by Crippen LogP contribution is 2.36. The van der Waals surface area contributed by atoms with Gasteiger partial charge in [-0.15, -0.1) is 0 Å². The monoisotopic (exact) mass is 313 g/mol. The number of aliphatic imine (C=N–C) groups is 1. The van der Waals surface area contributed by atoms with E-state index in [9.17, 15) is 0 Å². The number of amidine groups is 1. The van der Waals surface area contributed by atoms with Gasteiger partial charge >= 0.3 is 0 Å². The molecule has 3 rings (SSSR count). The lowest BCUT2D eigenvalue weighted by Crippen LogP contribution is -2.65. The molecular formula is C18H27N5. The van der Waals surface area contributed by atoms with Crippen molar-refractivity contribution in [2.75, 3.05) is 0 Å². The number of hydrogen-bond donors (Lipinski definition) is 3. The van der Waals surface area contributed by atoms with Gasteiger partial charge in [0.15, 0.2) is 0 Å². The summed E-state index contributed by atoms with van der Waals surface area (Å²) in [4.78, 5) is 8.69. The molecule has 2 unspecified atom stereocenters. The van der Waals surface area contributed by atoms with E-state index in [0.29, 0.717) is 12.0 Å². The van der Waals surface area contributed by atoms with E-state index in [0.717, 1.165) is 36.4 Å². The van der Waals surface area contributed by atoms with E-state index in [1.54, 1.807) is 12.4 Å². The van der Waals surface area contributed by atoms with Crippen LogP contribution in [0.5, 0.6) is 0 Å². The van der Waals surface area contributed by atoms with E-state index in [2.05, 4.69) is 34.5 Å². The number of nitrogens with one attached hydrogen (secondary N) is 2. The standard InChI is InChI=1S/C18H27N5/c1-3-13(2)22-16-12-21-17(14-8-10-20-11-9-14)23-18(16,19)15-6-4-5-7-15/h8-13,15,22H,3-7,19H2,1-2H3,(H,21,23). The molecule has 2 atom stereocenters. The van der Waals surface area contributed by atoms with E-state index in [1.165, 1.54) is 12.8 Å². The number of aromatic nitrogens is 1. The van der Waals surface area contributed by atoms with Crippen molar-refractivity contribution in [3.8, 4) is 0 Å². The van der Waals surface area contributed by atoms with Gasteiger partial charge in [0.05, 0.1) is 11.9 Å². The first-order valence-electron chi connectivity index (χ1n) is 8.66. The highest BCUT2D eigenvalue weighted by atomic mass is 15.2. The van der Waals surface area contributed by atoms with Crippen molar-refractivity contribution in [3.63, 3.8) is 0 Å². The lowest BCUT2D eigenvalue weighted by Gasteiger charge is -2.42. The molecule has 5 heteroatoms. The van der Waals surface area contributed by atoms with Crippen LogP contribution in [0.25, 0.3) is 0 Å². The van der Waals surface area contributed by atoms with Crippen molar-refractivity contribution in [2.24, 2.45) is 16.6 Å². The average Bonchev–Trinajstić information content (AvgIpc) is 3.12. The Kier molecular flexibility index (Phi) is 4.66. The fraction of sp³-hybridized carbons (Fsp3) is 0.556. The van der Waals surface area contributed by atoms with Crippen LogP contribution in [-0.2, 0) is 0 Å². The van der Waals surface area contributed by atoms with Crippen LogP contribution in [0.4, 0.5) is 0 Å². The van der Waals surface area contributed by atoms with Gasteiger partial charge in [0.1, 0.15) is 11.5 Å². The molecule has 0 aromatic carbocycles. The quantitative estimate of drug-likeness (QED) is 0.781. The molecule has 1 aromatic heterocycles. The molecule has 2 heterocycles. The zero-order chi connectivity index (χ0) is 16.3. The zero-order valence-corrected chi connectivity index (χ0v) is 14.0. The summed E-state index contributed by atoms with van der Waals surface area (Å²) < 4.78 is 0. The van der Waals surface area contributed by atoms with Crippen molar-refractivity contribution in [1.82, 2.24) is 15.6 Å². The summed E-state index contributed by atoms with van der Waals surface area (Å²) in [5.74, 6) is 1.26. The van der Waals surface area contributed by atoms with Gasteiger partial charge < -0.3 is 16.4 Å². The lowest BCUT2D eigenvalue weighted by molar-refractivity contribution is 0.274. The minimum atomic E-state index is -0.569. The second-order valence-electron chi connectivity index (χ2n) is 6.69. The molecule has 1 aliphatic carbocycles. The van der Waals surface area contributed by atoms with Gasteiger partial charge in [0, 0.05) is 29.9 Å². The van der Waals surface area contributed by atoms with Crippen molar-refractivity contribution in [2.45, 2.75) is 57.7 Å². The van der Waals surface area contributed by atoms with Crippen LogP contribution in [0, 0.1) is 5.92 Å². The molecule has 23 heavy (non-hydrogen) atoms. The molecule has 1 saturated carbocycles. The largest absolute Gasteiger partial charge is 0.382 e. The Morgan fingerprint density at radius 1 is 1.35 bits per heavy atom. The minimum Gasteiger partial charge on any atom is -0.382 e. The summed E-state index contributed by atoms with van der Waals surface area (Å²) in [6.45, 7) is 4.35. The maximum absolute atomic E-state index is 6.90. The van der Waals surface area contributed by atoms with Gasteiger partial charge in [0.2, 0.25) is 0 Å². The molecule has 2 aliphatic rings. The molecule has 124 valence electrons. The third-order valence-electron chi connectivity index (χ3n) is 5.06. The highest BCUT2D eigenvalue weighted by molar-refractivity contribution is 6.00. The van der Waals surface area contributed by atoms with Gasteiger partial charge in [-0.1, -0.05) is 19.8 Å². The van der Waals surface area contributed by atoms with Crippen molar-refractivity contribution in [1.29, 1.82) is 0 Å². The summed E-state index contributed by atoms with van der Waals surface area (Å²) in [5, 5.41) is 7.10. The smallest absolute Gasteiger partial charge is 0.135 e. The van der Waals surface area contributed by atoms with Gasteiger partial charge in [-0.2, -0.15) is 0 Å². The molecular weight excluding hydrogens is 286 g/mol. The SMILES string of the molecule is CCC(C)NC1=CN=C(c2ccncc2)NC1(N)C1CCCC1. The number of nitrogens with two attached hydrogens (primary N) is 1. The minimum absolute atomic E-state index is 0.380. The van der Waals surface area contributed by atoms with Gasteiger partial charge in [-0.05, 0) is 38.3 Å². The predicted molar refractivity (Wildman–Crippen MR) is 93.8 cm³/mol. The maximum Gasteiger partial charge on any atom is 0.135 e. The molecule has 4 N–H and O–H groups in total. The Balaban J connectivity index is 1.92. The van der Waals surface area contributed by atoms with Gasteiger partial charge in [-0.25, -0.2) is 4.99 Å². The lowest BCUT2D eigenvalue weighted by atomic mass is 9.87. The first kappa shape index (κ1) is 16.0. The van der Waals surface area contributed by atoms with Crippen LogP contribution in [-0.4, -0.2) is 22.5 Å². The van der Waals surface area contributed by atoms with E-state index in [-0.39, 0.29) is 0 Å². The van der Waals surface area contributed by atoms with Gasteiger partial charge in [-0.3, -0.25) is 4.98 Å². The summed E-state index contributed by atoms with van der Waals surface area (Å²) >= 11 is 0. The summed E-state index contributed by atoms with van der Waals surface area (Å²) in [6.07, 6.45) is 11.4. The molecule has 5 nitrogen and oxygen atoms in total. The van der Waals surface area contributed by atoms with Crippen LogP contribution in [0.15, 0.2) is 41.4 Å². The second kappa shape index (κ2) is 6.71. The first-order valence-corrected chi connectivity index (χ1v) is 8.66. The van der Waals surface area contributed by atoms with Crippen molar-refractivity contribution < 1.29 is 0 Å². The number of rotatable bonds is 5. The van der Waals surface area contributed by atoms with Gasteiger partial charge in [0.25, 0.3) is 0 Å². The topological polar surface area (TPSA) is 75.3 Å². The van der Waals surface area contributed by atoms with Crippen LogP contribution in [0.3, 0.4) is 0 Å². The molecule has 0 amide bonds. The second-order valence-corrected chi connectivity index (χ2v) is 6.69. The predicted octanol–water partition coefficient (Wildman–Crippen LogP) is 2.51. The molecule has 1 aromatic rings. The Bertz CT molecular complexity index is 589. The van der Waals surface area contributed by atoms with E-state index in [4.69, 9.17) is 5.73 Å². The maximum atomic E-state index is 6.90. The first-order chi connectivity index (χ1) is 11.1. The van der Waals surface area contributed by atoms with E-state index in [1.807, 2.05) is 18.3 Å². The number of nitrogens with zero attached hydrogens (tertiary/aromatic N) is 2. The van der Waals surface area contributed by atoms with Crippen molar-refractivity contribution in [3.05, 3.63) is 42.0 Å². The zero-order valence-electron chi connectivity index (χ0n) is 14.0. The summed E-state index contributed by atoms with van der Waals surface area (Å²) in [7, 11) is 0. The molecule has 1 aliphatic heterocycles. The Labute approximate surface area is 138 Å². The van der Waals surface area contributed by atoms with E-state index >= 15 is 0 Å². The molecule has 0 bridgehead atoms. The molecule has 1 fully saturated rings. The summed E-state index contributed by atoms with van der Waals surface area (Å²) in [6, 6.07) is 4.30. The molecule has 0 saturated heterocycles. The van der Waals surface area contributed by atoms with Crippen LogP contribution in [0.1, 0.15) is 51.5 Å². The highest BCUT2D eigenvalue weighted by Gasteiger charge is 2.42. The van der Waals surface area contributed by atoms with Crippen molar-refractivity contribution >= 4 is 5.84 Å². The van der Waals surface area contributed by atoms with Crippen LogP contribution in [0.2, 0.25) is 0 Å². The number of pyridine rings is 1. The Morgan fingerprint density at radius 3 is 2.70 bits per heavy atom. The fourth-order valence-corrected chi connectivity index (χ4v) is 3.42. The average molecular weight is 313 g/mol. The number of hydrogen-bond acceptors (Lipinski definition) is 5. The summed E-state index contributed by atoms with van der Waals surface area (Å²) in [5.41, 5.74) is 8.36. The fourth-order valence-electron chi connectivity index (χ4n) is 3.42. The molecule has 0 radical (unpaired) electrons. The van der Waals surface area contributed by atoms with Crippen LogP contribution < -0.4 is 16.4 Å². The molecule has 0 spiro atoms. The third kappa shape index (κ3) is 3.24. The van der Waals surface area contributed by atoms with Crippen LogP contribution >= 0.6 is 0 Å².